The smallest absolute Gasteiger partial charge is 0.235 e. The molecule has 0 saturated heterocycles. The molecule has 0 atom stereocenters. The highest BCUT2D eigenvalue weighted by molar-refractivity contribution is 7.93. The zero-order chi connectivity index (χ0) is 25.1. The van der Waals surface area contributed by atoms with Crippen LogP contribution in [0.15, 0.2) is 85.5 Å². The number of nitrogens with one attached hydrogen (secondary N) is 2. The molecule has 4 heterocycles. The highest BCUT2D eigenvalue weighted by atomic mass is 32.2. The average molecular weight is 500 g/mol. The minimum absolute atomic E-state index is 0.352. The van der Waals surface area contributed by atoms with E-state index in [2.05, 4.69) is 20.0 Å². The lowest BCUT2D eigenvalue weighted by atomic mass is 10.1. The molecular formula is C26H25N7O2S. The van der Waals surface area contributed by atoms with E-state index in [0.29, 0.717) is 29.4 Å². The van der Waals surface area contributed by atoms with Crippen LogP contribution < -0.4 is 10.0 Å². The van der Waals surface area contributed by atoms with Gasteiger partial charge in [-0.2, -0.15) is 0 Å². The Hall–Kier alpha value is -4.31. The zero-order valence-corrected chi connectivity index (χ0v) is 20.6. The molecule has 0 aliphatic heterocycles. The van der Waals surface area contributed by atoms with E-state index in [0.717, 1.165) is 22.3 Å². The van der Waals surface area contributed by atoms with Gasteiger partial charge in [-0.3, -0.25) is 14.7 Å². The number of fused-ring (bicyclic) bond motifs is 1. The first-order valence-electron chi connectivity index (χ1n) is 11.5. The second-order valence-electron chi connectivity index (χ2n) is 8.51. The number of rotatable bonds is 8. The Balaban J connectivity index is 1.59. The number of nitrogens with zero attached hydrogens (tertiary/aromatic N) is 5. The predicted molar refractivity (Wildman–Crippen MR) is 141 cm³/mol. The molecule has 0 fully saturated rings. The number of hydrogen-bond acceptors (Lipinski definition) is 7. The fourth-order valence-corrected chi connectivity index (χ4v) is 4.37. The van der Waals surface area contributed by atoms with Crippen LogP contribution in [0.1, 0.15) is 19.5 Å². The first-order chi connectivity index (χ1) is 17.4. The molecule has 9 nitrogen and oxygen atoms in total. The van der Waals surface area contributed by atoms with Gasteiger partial charge in [0.15, 0.2) is 11.6 Å². The van der Waals surface area contributed by atoms with Gasteiger partial charge < -0.3 is 5.32 Å². The largest absolute Gasteiger partial charge is 0.363 e. The Bertz CT molecular complexity index is 1600. The summed E-state index contributed by atoms with van der Waals surface area (Å²) in [4.78, 5) is 13.4. The highest BCUT2D eigenvalue weighted by Gasteiger charge is 2.18. The third-order valence-electron chi connectivity index (χ3n) is 5.64. The summed E-state index contributed by atoms with van der Waals surface area (Å²) < 4.78 is 29.0. The summed E-state index contributed by atoms with van der Waals surface area (Å²) in [5.74, 6) is 1.03. The van der Waals surface area contributed by atoms with Crippen molar-refractivity contribution < 1.29 is 8.42 Å². The van der Waals surface area contributed by atoms with E-state index in [1.807, 2.05) is 60.8 Å². The molecule has 5 aromatic rings. The second kappa shape index (κ2) is 9.74. The summed E-state index contributed by atoms with van der Waals surface area (Å²) in [5, 5.41) is 7.55. The SMILES string of the molecule is CC(C)S(=O)(=O)Nc1cncc(-c2nc(NCc3ccccn3)c3c(-c4ccccc4)ccn3n2)c1. The van der Waals surface area contributed by atoms with Gasteiger partial charge >= 0.3 is 0 Å². The zero-order valence-electron chi connectivity index (χ0n) is 19.8. The number of aromatic nitrogens is 5. The molecule has 0 spiro atoms. The molecule has 0 unspecified atom stereocenters. The molecule has 0 saturated carbocycles. The second-order valence-corrected chi connectivity index (χ2v) is 10.7. The van der Waals surface area contributed by atoms with E-state index in [1.165, 1.54) is 6.20 Å². The van der Waals surface area contributed by atoms with Gasteiger partial charge in [0.25, 0.3) is 0 Å². The van der Waals surface area contributed by atoms with Gasteiger partial charge in [-0.05, 0) is 43.7 Å². The monoisotopic (exact) mass is 499 g/mol. The van der Waals surface area contributed by atoms with E-state index < -0.39 is 15.3 Å². The molecule has 0 bridgehead atoms. The fraction of sp³-hybridized carbons (Fsp3) is 0.154. The van der Waals surface area contributed by atoms with Crippen molar-refractivity contribution in [1.82, 2.24) is 24.6 Å². The van der Waals surface area contributed by atoms with Crippen LogP contribution in [0.25, 0.3) is 28.0 Å². The van der Waals surface area contributed by atoms with Crippen molar-refractivity contribution in [2.45, 2.75) is 25.6 Å². The number of hydrogen-bond donors (Lipinski definition) is 2. The van der Waals surface area contributed by atoms with Crippen molar-refractivity contribution in [3.63, 3.8) is 0 Å². The molecule has 2 N–H and O–H groups in total. The van der Waals surface area contributed by atoms with Crippen molar-refractivity contribution in [2.24, 2.45) is 0 Å². The lowest BCUT2D eigenvalue weighted by Crippen LogP contribution is -2.22. The molecule has 10 heteroatoms. The molecule has 1 aromatic carbocycles. The maximum absolute atomic E-state index is 12.3. The minimum Gasteiger partial charge on any atom is -0.363 e. The van der Waals surface area contributed by atoms with E-state index in [4.69, 9.17) is 10.1 Å². The molecule has 182 valence electrons. The van der Waals surface area contributed by atoms with Crippen LogP contribution in [0, 0.1) is 0 Å². The summed E-state index contributed by atoms with van der Waals surface area (Å²) in [7, 11) is -3.51. The molecule has 0 aliphatic rings. The Morgan fingerprint density at radius 1 is 0.972 bits per heavy atom. The third kappa shape index (κ3) is 4.89. The van der Waals surface area contributed by atoms with Crippen LogP contribution in [0.3, 0.4) is 0 Å². The molecule has 0 radical (unpaired) electrons. The van der Waals surface area contributed by atoms with Crippen LogP contribution >= 0.6 is 0 Å². The van der Waals surface area contributed by atoms with Crippen LogP contribution in [0.4, 0.5) is 11.5 Å². The Morgan fingerprint density at radius 2 is 1.78 bits per heavy atom. The number of benzene rings is 1. The van der Waals surface area contributed by atoms with Gasteiger partial charge in [-0.15, -0.1) is 5.10 Å². The number of pyridine rings is 2. The molecule has 0 aliphatic carbocycles. The van der Waals surface area contributed by atoms with E-state index in [1.54, 1.807) is 36.8 Å². The minimum atomic E-state index is -3.51. The quantitative estimate of drug-likeness (QED) is 0.320. The molecule has 36 heavy (non-hydrogen) atoms. The first-order valence-corrected chi connectivity index (χ1v) is 13.0. The van der Waals surface area contributed by atoms with E-state index >= 15 is 0 Å². The first kappa shape index (κ1) is 23.4. The van der Waals surface area contributed by atoms with Crippen molar-refractivity contribution in [2.75, 3.05) is 10.0 Å². The summed E-state index contributed by atoms with van der Waals surface area (Å²) >= 11 is 0. The standard InChI is InChI=1S/C26H25N7O2S/c1-18(2)36(34,35)32-22-14-20(15-27-16-22)25-30-26(29-17-21-10-6-7-12-28-21)24-23(11-13-33(24)31-25)19-8-4-3-5-9-19/h3-16,18,32H,17H2,1-2H3,(H,29,30,31). The van der Waals surface area contributed by atoms with Gasteiger partial charge in [0, 0.05) is 29.7 Å². The summed E-state index contributed by atoms with van der Waals surface area (Å²) in [5.41, 5.74) is 4.66. The van der Waals surface area contributed by atoms with Crippen LogP contribution in [-0.2, 0) is 16.6 Å². The van der Waals surface area contributed by atoms with Gasteiger partial charge in [0.1, 0.15) is 5.52 Å². The predicted octanol–water partition coefficient (Wildman–Crippen LogP) is 4.62. The maximum Gasteiger partial charge on any atom is 0.235 e. The molecule has 5 rings (SSSR count). The topological polar surface area (TPSA) is 114 Å². The third-order valence-corrected chi connectivity index (χ3v) is 7.40. The van der Waals surface area contributed by atoms with E-state index in [9.17, 15) is 8.42 Å². The molecule has 4 aromatic heterocycles. The van der Waals surface area contributed by atoms with Crippen LogP contribution in [0.5, 0.6) is 0 Å². The summed E-state index contributed by atoms with van der Waals surface area (Å²) in [6.07, 6.45) is 6.71. The van der Waals surface area contributed by atoms with Crippen LogP contribution in [0.2, 0.25) is 0 Å². The number of sulfonamides is 1. The van der Waals surface area contributed by atoms with Crippen LogP contribution in [-0.4, -0.2) is 38.2 Å². The van der Waals surface area contributed by atoms with Crippen molar-refractivity contribution >= 4 is 27.0 Å². The maximum atomic E-state index is 12.3. The Morgan fingerprint density at radius 3 is 2.53 bits per heavy atom. The summed E-state index contributed by atoms with van der Waals surface area (Å²) in [6, 6.07) is 19.5. The average Bonchev–Trinajstić information content (AvgIpc) is 3.32. The highest BCUT2D eigenvalue weighted by Crippen LogP contribution is 2.31. The van der Waals surface area contributed by atoms with Gasteiger partial charge in [0.05, 0.1) is 29.4 Å². The summed E-state index contributed by atoms with van der Waals surface area (Å²) in [6.45, 7) is 3.71. The lowest BCUT2D eigenvalue weighted by molar-refractivity contribution is 0.592. The van der Waals surface area contributed by atoms with Crippen molar-refractivity contribution in [3.05, 3.63) is 91.1 Å². The molecule has 0 amide bonds. The normalized spacial score (nSPS) is 11.6. The van der Waals surface area contributed by atoms with Gasteiger partial charge in [-0.1, -0.05) is 36.4 Å². The fourth-order valence-electron chi connectivity index (χ4n) is 3.70. The van der Waals surface area contributed by atoms with Gasteiger partial charge in [0.2, 0.25) is 10.0 Å². The van der Waals surface area contributed by atoms with E-state index in [-0.39, 0.29) is 0 Å². The lowest BCUT2D eigenvalue weighted by Gasteiger charge is -2.13. The van der Waals surface area contributed by atoms with Crippen molar-refractivity contribution in [3.8, 4) is 22.5 Å². The van der Waals surface area contributed by atoms with Gasteiger partial charge in [-0.25, -0.2) is 17.9 Å². The Labute approximate surface area is 209 Å². The molecular weight excluding hydrogens is 474 g/mol. The van der Waals surface area contributed by atoms with Crippen molar-refractivity contribution in [1.29, 1.82) is 0 Å². The number of anilines is 2. The Kier molecular flexibility index (Phi) is 6.34.